The second-order valence-electron chi connectivity index (χ2n) is 6.81. The SMILES string of the molecule is COc1ccc(Br)cc1/C=C/C(=O)Nc1ccc(S(=O)(=O)Nc2nc(C)cc(C)n2)cc1. The number of nitrogens with zero attached hydrogens (tertiary/aromatic N) is 2. The highest BCUT2D eigenvalue weighted by Crippen LogP contribution is 2.24. The zero-order valence-electron chi connectivity index (χ0n) is 17.6. The molecule has 0 fully saturated rings. The summed E-state index contributed by atoms with van der Waals surface area (Å²) in [7, 11) is -2.32. The number of aryl methyl sites for hydroxylation is 2. The molecule has 0 bridgehead atoms. The number of nitrogens with one attached hydrogen (secondary N) is 2. The van der Waals surface area contributed by atoms with E-state index in [4.69, 9.17) is 4.74 Å². The second-order valence-corrected chi connectivity index (χ2v) is 9.41. The summed E-state index contributed by atoms with van der Waals surface area (Å²) < 4.78 is 33.7. The van der Waals surface area contributed by atoms with Crippen molar-refractivity contribution in [2.45, 2.75) is 18.7 Å². The Bertz CT molecular complexity index is 1260. The highest BCUT2D eigenvalue weighted by atomic mass is 79.9. The van der Waals surface area contributed by atoms with Crippen LogP contribution in [0.5, 0.6) is 5.75 Å². The first-order valence-corrected chi connectivity index (χ1v) is 11.7. The number of amides is 1. The quantitative estimate of drug-likeness (QED) is 0.452. The maximum absolute atomic E-state index is 12.6. The molecular formula is C22H21BrN4O4S. The molecule has 3 aromatic rings. The summed E-state index contributed by atoms with van der Waals surface area (Å²) in [4.78, 5) is 20.5. The van der Waals surface area contributed by atoms with Crippen molar-refractivity contribution in [3.63, 3.8) is 0 Å². The number of carbonyl (C=O) groups excluding carboxylic acids is 1. The highest BCUT2D eigenvalue weighted by molar-refractivity contribution is 9.10. The van der Waals surface area contributed by atoms with Gasteiger partial charge in [-0.25, -0.2) is 23.1 Å². The monoisotopic (exact) mass is 516 g/mol. The minimum Gasteiger partial charge on any atom is -0.496 e. The molecule has 8 nitrogen and oxygen atoms in total. The van der Waals surface area contributed by atoms with Crippen LogP contribution in [0.1, 0.15) is 17.0 Å². The number of hydrogen-bond donors (Lipinski definition) is 2. The zero-order valence-corrected chi connectivity index (χ0v) is 20.0. The van der Waals surface area contributed by atoms with E-state index in [9.17, 15) is 13.2 Å². The average Bonchev–Trinajstić information content (AvgIpc) is 2.71. The number of rotatable bonds is 7. The molecule has 0 atom stereocenters. The van der Waals surface area contributed by atoms with Crippen molar-refractivity contribution >= 4 is 49.6 Å². The summed E-state index contributed by atoms with van der Waals surface area (Å²) in [5.41, 5.74) is 2.49. The first kappa shape index (κ1) is 23.4. The van der Waals surface area contributed by atoms with Gasteiger partial charge >= 0.3 is 0 Å². The predicted molar refractivity (Wildman–Crippen MR) is 127 cm³/mol. The van der Waals surface area contributed by atoms with Crippen molar-refractivity contribution in [2.24, 2.45) is 0 Å². The molecule has 0 radical (unpaired) electrons. The number of carbonyl (C=O) groups is 1. The van der Waals surface area contributed by atoms with Crippen LogP contribution in [0.15, 0.2) is 64.0 Å². The highest BCUT2D eigenvalue weighted by Gasteiger charge is 2.16. The Kier molecular flexibility index (Phi) is 7.26. The maximum Gasteiger partial charge on any atom is 0.264 e. The largest absolute Gasteiger partial charge is 0.496 e. The number of aromatic nitrogens is 2. The van der Waals surface area contributed by atoms with Gasteiger partial charge in [0.15, 0.2) is 0 Å². The minimum atomic E-state index is -3.87. The number of anilines is 2. The van der Waals surface area contributed by atoms with Crippen LogP contribution in [-0.4, -0.2) is 31.4 Å². The lowest BCUT2D eigenvalue weighted by Crippen LogP contribution is -2.16. The van der Waals surface area contributed by atoms with Crippen molar-refractivity contribution in [1.29, 1.82) is 0 Å². The minimum absolute atomic E-state index is 0.00740. The smallest absolute Gasteiger partial charge is 0.264 e. The van der Waals surface area contributed by atoms with Crippen LogP contribution in [-0.2, 0) is 14.8 Å². The molecule has 3 rings (SSSR count). The average molecular weight is 517 g/mol. The third-order valence-electron chi connectivity index (χ3n) is 4.25. The Morgan fingerprint density at radius 2 is 1.69 bits per heavy atom. The molecule has 166 valence electrons. The van der Waals surface area contributed by atoms with E-state index in [1.807, 2.05) is 12.1 Å². The van der Waals surface area contributed by atoms with Crippen LogP contribution >= 0.6 is 15.9 Å². The number of benzene rings is 2. The summed E-state index contributed by atoms with van der Waals surface area (Å²) in [6, 6.07) is 13.0. The maximum atomic E-state index is 12.6. The summed E-state index contributed by atoms with van der Waals surface area (Å²) in [5, 5.41) is 2.69. The van der Waals surface area contributed by atoms with Gasteiger partial charge in [-0.1, -0.05) is 15.9 Å². The van der Waals surface area contributed by atoms with Gasteiger partial charge in [0, 0.05) is 33.2 Å². The number of ether oxygens (including phenoxy) is 1. The van der Waals surface area contributed by atoms with Crippen LogP contribution in [0.25, 0.3) is 6.08 Å². The third kappa shape index (κ3) is 6.14. The van der Waals surface area contributed by atoms with Gasteiger partial charge in [-0.15, -0.1) is 0 Å². The Balaban J connectivity index is 1.69. The molecular weight excluding hydrogens is 496 g/mol. The van der Waals surface area contributed by atoms with Crippen molar-refractivity contribution < 1.29 is 17.9 Å². The Morgan fingerprint density at radius 3 is 2.31 bits per heavy atom. The summed E-state index contributed by atoms with van der Waals surface area (Å²) in [6.07, 6.45) is 3.00. The van der Waals surface area contributed by atoms with Crippen LogP contribution in [0.2, 0.25) is 0 Å². The molecule has 0 unspecified atom stereocenters. The van der Waals surface area contributed by atoms with Crippen LogP contribution in [0, 0.1) is 13.8 Å². The Labute approximate surface area is 194 Å². The Hall–Kier alpha value is -3.24. The lowest BCUT2D eigenvalue weighted by Gasteiger charge is -2.09. The molecule has 0 saturated heterocycles. The molecule has 0 aliphatic carbocycles. The van der Waals surface area contributed by atoms with Crippen molar-refractivity contribution in [1.82, 2.24) is 9.97 Å². The van der Waals surface area contributed by atoms with E-state index in [0.29, 0.717) is 22.8 Å². The fourth-order valence-corrected chi connectivity index (χ4v) is 4.18. The molecule has 2 N–H and O–H groups in total. The molecule has 0 aliphatic heterocycles. The fourth-order valence-electron chi connectivity index (χ4n) is 2.85. The fraction of sp³-hybridized carbons (Fsp3) is 0.136. The van der Waals surface area contributed by atoms with E-state index in [1.54, 1.807) is 39.2 Å². The normalized spacial score (nSPS) is 11.4. The predicted octanol–water partition coefficient (Wildman–Crippen LogP) is 4.32. The molecule has 0 aliphatic rings. The number of halogens is 1. The summed E-state index contributed by atoms with van der Waals surface area (Å²) in [6.45, 7) is 3.51. The van der Waals surface area contributed by atoms with Crippen LogP contribution < -0.4 is 14.8 Å². The van der Waals surface area contributed by atoms with Gasteiger partial charge in [-0.3, -0.25) is 4.79 Å². The van der Waals surface area contributed by atoms with Gasteiger partial charge in [-0.2, -0.15) is 0 Å². The van der Waals surface area contributed by atoms with Gasteiger partial charge in [0.25, 0.3) is 10.0 Å². The Morgan fingerprint density at radius 1 is 1.03 bits per heavy atom. The van der Waals surface area contributed by atoms with Crippen LogP contribution in [0.4, 0.5) is 11.6 Å². The molecule has 1 amide bonds. The van der Waals surface area contributed by atoms with Gasteiger partial charge in [0.05, 0.1) is 12.0 Å². The molecule has 32 heavy (non-hydrogen) atoms. The number of hydrogen-bond acceptors (Lipinski definition) is 6. The van der Waals surface area contributed by atoms with E-state index < -0.39 is 10.0 Å². The first-order valence-electron chi connectivity index (χ1n) is 9.44. The molecule has 2 aromatic carbocycles. The number of methoxy groups -OCH3 is 1. The standard InChI is InChI=1S/C22H21BrN4O4S/c1-14-12-15(2)25-22(24-14)27-32(29,30)19-8-6-18(7-9-19)26-21(28)11-4-16-13-17(23)5-10-20(16)31-3/h4-13H,1-3H3,(H,26,28)(H,24,25,27)/b11-4+. The summed E-state index contributed by atoms with van der Waals surface area (Å²) >= 11 is 3.38. The third-order valence-corrected chi connectivity index (χ3v) is 6.08. The van der Waals surface area contributed by atoms with Gasteiger partial charge in [0.1, 0.15) is 5.75 Å². The van der Waals surface area contributed by atoms with E-state index in [-0.39, 0.29) is 16.8 Å². The van der Waals surface area contributed by atoms with E-state index >= 15 is 0 Å². The zero-order chi connectivity index (χ0) is 23.3. The molecule has 0 spiro atoms. The van der Waals surface area contributed by atoms with E-state index in [1.165, 1.54) is 30.3 Å². The lowest BCUT2D eigenvalue weighted by atomic mass is 10.2. The second kappa shape index (κ2) is 9.92. The van der Waals surface area contributed by atoms with E-state index in [2.05, 4.69) is 35.9 Å². The summed E-state index contributed by atoms with van der Waals surface area (Å²) in [5.74, 6) is 0.268. The first-order chi connectivity index (χ1) is 15.2. The van der Waals surface area contributed by atoms with E-state index in [0.717, 1.165) is 10.0 Å². The molecule has 1 aromatic heterocycles. The lowest BCUT2D eigenvalue weighted by molar-refractivity contribution is -0.111. The van der Waals surface area contributed by atoms with Gasteiger partial charge in [0.2, 0.25) is 11.9 Å². The van der Waals surface area contributed by atoms with Crippen molar-refractivity contribution in [2.75, 3.05) is 17.1 Å². The van der Waals surface area contributed by atoms with Crippen molar-refractivity contribution in [3.05, 3.63) is 76.0 Å². The number of sulfonamides is 1. The van der Waals surface area contributed by atoms with Crippen molar-refractivity contribution in [3.8, 4) is 5.75 Å². The molecule has 10 heteroatoms. The van der Waals surface area contributed by atoms with Gasteiger partial charge in [-0.05, 0) is 68.5 Å². The van der Waals surface area contributed by atoms with Gasteiger partial charge < -0.3 is 10.1 Å². The molecule has 1 heterocycles. The molecule has 0 saturated carbocycles. The van der Waals surface area contributed by atoms with Crippen LogP contribution in [0.3, 0.4) is 0 Å². The topological polar surface area (TPSA) is 110 Å².